The molecule has 0 aliphatic carbocycles. The number of rotatable bonds is 7. The third-order valence-corrected chi connectivity index (χ3v) is 5.29. The highest BCUT2D eigenvalue weighted by Crippen LogP contribution is 2.21. The average Bonchev–Trinajstić information content (AvgIpc) is 3.41. The summed E-state index contributed by atoms with van der Waals surface area (Å²) in [4.78, 5) is 38.5. The monoisotopic (exact) mass is 572 g/mol. The lowest BCUT2D eigenvalue weighted by molar-refractivity contribution is -0.192. The van der Waals surface area contributed by atoms with Crippen LogP contribution in [0, 0.1) is 5.82 Å². The largest absolute Gasteiger partial charge is 0.490 e. The van der Waals surface area contributed by atoms with Crippen LogP contribution in [0.2, 0.25) is 0 Å². The molecular formula is C27H24F4N6O4. The van der Waals surface area contributed by atoms with E-state index in [0.29, 0.717) is 17.2 Å². The zero-order valence-electron chi connectivity index (χ0n) is 21.7. The maximum absolute atomic E-state index is 14.4. The molecule has 0 radical (unpaired) electrons. The number of benzene rings is 2. The fourth-order valence-electron chi connectivity index (χ4n) is 3.38. The van der Waals surface area contributed by atoms with Gasteiger partial charge in [-0.15, -0.1) is 10.2 Å². The van der Waals surface area contributed by atoms with E-state index in [1.54, 1.807) is 24.5 Å². The first-order valence-electron chi connectivity index (χ1n) is 12.0. The number of halogens is 4. The van der Waals surface area contributed by atoms with Gasteiger partial charge >= 0.3 is 12.1 Å². The zero-order chi connectivity index (χ0) is 30.2. The van der Waals surface area contributed by atoms with Crippen LogP contribution in [-0.2, 0) is 16.0 Å². The van der Waals surface area contributed by atoms with E-state index in [1.165, 1.54) is 12.1 Å². The molecule has 0 unspecified atom stereocenters. The van der Waals surface area contributed by atoms with Crippen molar-refractivity contribution in [3.8, 4) is 11.5 Å². The van der Waals surface area contributed by atoms with Crippen molar-refractivity contribution >= 4 is 29.3 Å². The number of anilines is 2. The van der Waals surface area contributed by atoms with Crippen LogP contribution in [0.3, 0.4) is 0 Å². The van der Waals surface area contributed by atoms with Crippen molar-refractivity contribution in [2.45, 2.75) is 32.5 Å². The Morgan fingerprint density at radius 1 is 0.976 bits per heavy atom. The molecule has 2 aromatic heterocycles. The minimum atomic E-state index is -5.08. The number of aromatic nitrogens is 4. The molecular weight excluding hydrogens is 548 g/mol. The highest BCUT2D eigenvalue weighted by atomic mass is 19.4. The molecule has 0 aliphatic heterocycles. The number of nitrogens with one attached hydrogen (secondary N) is 2. The number of aliphatic carboxylic acids is 1. The number of nitrogens with zero attached hydrogens (tertiary/aromatic N) is 4. The molecule has 0 saturated heterocycles. The van der Waals surface area contributed by atoms with Gasteiger partial charge in [0.1, 0.15) is 23.7 Å². The van der Waals surface area contributed by atoms with Gasteiger partial charge in [0, 0.05) is 11.7 Å². The van der Waals surface area contributed by atoms with Crippen molar-refractivity contribution in [3.05, 3.63) is 90.0 Å². The molecule has 0 atom stereocenters. The number of carboxylic acids is 1. The fraction of sp³-hybridized carbons (Fsp3) is 0.185. The van der Waals surface area contributed by atoms with E-state index in [9.17, 15) is 27.2 Å². The van der Waals surface area contributed by atoms with Gasteiger partial charge in [-0.2, -0.15) is 13.2 Å². The molecule has 2 aromatic carbocycles. The molecule has 2 heterocycles. The van der Waals surface area contributed by atoms with Gasteiger partial charge in [0.2, 0.25) is 5.91 Å². The lowest BCUT2D eigenvalue weighted by atomic mass is 10.1. The number of alkyl halides is 3. The number of amides is 2. The number of hydrogen-bond acceptors (Lipinski definition) is 6. The van der Waals surface area contributed by atoms with E-state index in [0.717, 1.165) is 11.6 Å². The van der Waals surface area contributed by atoms with Crippen molar-refractivity contribution in [1.82, 2.24) is 19.7 Å². The molecule has 214 valence electrons. The fourth-order valence-corrected chi connectivity index (χ4v) is 3.38. The molecule has 0 aliphatic rings. The lowest BCUT2D eigenvalue weighted by Crippen LogP contribution is -2.21. The summed E-state index contributed by atoms with van der Waals surface area (Å²) >= 11 is 0. The number of pyridine rings is 1. The lowest BCUT2D eigenvalue weighted by Gasteiger charge is -2.11. The predicted molar refractivity (Wildman–Crippen MR) is 140 cm³/mol. The molecule has 0 saturated carbocycles. The Morgan fingerprint density at radius 3 is 2.29 bits per heavy atom. The van der Waals surface area contributed by atoms with Gasteiger partial charge in [0.05, 0.1) is 12.0 Å². The molecule has 41 heavy (non-hydrogen) atoms. The number of carboxylic acid groups (broad SMARTS) is 1. The summed E-state index contributed by atoms with van der Waals surface area (Å²) in [6, 6.07) is 18.3. The highest BCUT2D eigenvalue weighted by Gasteiger charge is 2.38. The molecule has 10 nitrogen and oxygen atoms in total. The summed E-state index contributed by atoms with van der Waals surface area (Å²) in [7, 11) is 0. The van der Waals surface area contributed by atoms with Gasteiger partial charge in [0.15, 0.2) is 5.82 Å². The Kier molecular flexibility index (Phi) is 9.85. The first-order valence-corrected chi connectivity index (χ1v) is 12.0. The standard InChI is InChI=1S/C25H23FN6O2.C2HF3O2/c1-16(2)32-15-27-31-24(32)21-9-6-10-22(29-21)30-25(34)19-14-18(11-12-20(19)26)28-23(33)13-17-7-4-3-5-8-17;3-2(4,5)1(6)7/h3-12,14-16H,13H2,1-2H3,(H,28,33)(H,29,30,34);(H,6,7). The molecule has 0 bridgehead atoms. The summed E-state index contributed by atoms with van der Waals surface area (Å²) in [5, 5.41) is 20.5. The molecule has 3 N–H and O–H groups in total. The summed E-state index contributed by atoms with van der Waals surface area (Å²) < 4.78 is 48.0. The van der Waals surface area contributed by atoms with Crippen molar-refractivity contribution in [2.24, 2.45) is 0 Å². The zero-order valence-corrected chi connectivity index (χ0v) is 21.7. The number of hydrogen-bond donors (Lipinski definition) is 3. The molecule has 0 spiro atoms. The van der Waals surface area contributed by atoms with Gasteiger partial charge < -0.3 is 20.3 Å². The Labute approximate surface area is 231 Å². The number of carbonyl (C=O) groups is 3. The van der Waals surface area contributed by atoms with Crippen LogP contribution in [0.4, 0.5) is 29.1 Å². The van der Waals surface area contributed by atoms with Crippen molar-refractivity contribution < 1.29 is 37.1 Å². The van der Waals surface area contributed by atoms with Gasteiger partial charge in [-0.05, 0) is 49.7 Å². The van der Waals surface area contributed by atoms with Gasteiger partial charge in [0.25, 0.3) is 5.91 Å². The first-order chi connectivity index (χ1) is 19.3. The first kappa shape index (κ1) is 30.4. The quantitative estimate of drug-likeness (QED) is 0.261. The normalized spacial score (nSPS) is 10.9. The van der Waals surface area contributed by atoms with E-state index in [-0.39, 0.29) is 29.8 Å². The van der Waals surface area contributed by atoms with Crippen LogP contribution in [-0.4, -0.2) is 48.8 Å². The van der Waals surface area contributed by atoms with Crippen molar-refractivity contribution in [1.29, 1.82) is 0 Å². The van der Waals surface area contributed by atoms with E-state index in [4.69, 9.17) is 9.90 Å². The van der Waals surface area contributed by atoms with E-state index in [2.05, 4.69) is 25.8 Å². The Hall–Kier alpha value is -5.14. The summed E-state index contributed by atoms with van der Waals surface area (Å²) in [6.45, 7) is 3.99. The smallest absolute Gasteiger partial charge is 0.475 e. The molecule has 14 heteroatoms. The summed E-state index contributed by atoms with van der Waals surface area (Å²) in [6.07, 6.45) is -3.31. The average molecular weight is 573 g/mol. The van der Waals surface area contributed by atoms with Crippen LogP contribution < -0.4 is 10.6 Å². The Balaban J connectivity index is 0.000000587. The van der Waals surface area contributed by atoms with Gasteiger partial charge in [-0.3, -0.25) is 9.59 Å². The maximum Gasteiger partial charge on any atom is 0.490 e. The minimum absolute atomic E-state index is 0.124. The van der Waals surface area contributed by atoms with Crippen LogP contribution in [0.25, 0.3) is 11.5 Å². The third-order valence-electron chi connectivity index (χ3n) is 5.29. The van der Waals surface area contributed by atoms with E-state index in [1.807, 2.05) is 48.7 Å². The van der Waals surface area contributed by atoms with Crippen molar-refractivity contribution in [2.75, 3.05) is 10.6 Å². The summed E-state index contributed by atoms with van der Waals surface area (Å²) in [5.41, 5.74) is 1.47. The van der Waals surface area contributed by atoms with E-state index < -0.39 is 23.9 Å². The number of carbonyl (C=O) groups excluding carboxylic acids is 2. The maximum atomic E-state index is 14.4. The third kappa shape index (κ3) is 8.68. The predicted octanol–water partition coefficient (Wildman–Crippen LogP) is 5.13. The Morgan fingerprint density at radius 2 is 1.66 bits per heavy atom. The molecule has 4 rings (SSSR count). The minimum Gasteiger partial charge on any atom is -0.475 e. The second-order valence-corrected chi connectivity index (χ2v) is 8.73. The van der Waals surface area contributed by atoms with Crippen LogP contribution in [0.15, 0.2) is 73.1 Å². The molecule has 4 aromatic rings. The molecule has 0 fully saturated rings. The second kappa shape index (κ2) is 13.3. The van der Waals surface area contributed by atoms with Gasteiger partial charge in [-0.1, -0.05) is 36.4 Å². The molecule has 2 amide bonds. The van der Waals surface area contributed by atoms with E-state index >= 15 is 0 Å². The van der Waals surface area contributed by atoms with Crippen LogP contribution >= 0.6 is 0 Å². The second-order valence-electron chi connectivity index (χ2n) is 8.73. The summed E-state index contributed by atoms with van der Waals surface area (Å²) in [5.74, 6) is -3.64. The topological polar surface area (TPSA) is 139 Å². The Bertz CT molecular complexity index is 1520. The van der Waals surface area contributed by atoms with Crippen LogP contribution in [0.5, 0.6) is 0 Å². The van der Waals surface area contributed by atoms with Crippen molar-refractivity contribution in [3.63, 3.8) is 0 Å². The van der Waals surface area contributed by atoms with Crippen LogP contribution in [0.1, 0.15) is 35.8 Å². The van der Waals surface area contributed by atoms with Gasteiger partial charge in [-0.25, -0.2) is 14.2 Å². The highest BCUT2D eigenvalue weighted by molar-refractivity contribution is 6.05. The SMILES string of the molecule is CC(C)n1cnnc1-c1cccc(NC(=O)c2cc(NC(=O)Cc3ccccc3)ccc2F)n1.O=C(O)C(F)(F)F.